The summed E-state index contributed by atoms with van der Waals surface area (Å²) in [6.07, 6.45) is 6.37. The lowest BCUT2D eigenvalue weighted by Gasteiger charge is -2.31. The normalized spacial score (nSPS) is 24.0. The Kier molecular flexibility index (Phi) is 3.69. The van der Waals surface area contributed by atoms with Crippen molar-refractivity contribution in [1.29, 1.82) is 5.26 Å². The first-order valence-electron chi connectivity index (χ1n) is 6.91. The Morgan fingerprint density at radius 1 is 1.43 bits per heavy atom. The fourth-order valence-electron chi connectivity index (χ4n) is 2.60. The highest BCUT2D eigenvalue weighted by atomic mass is 16.5. The molecule has 2 atom stereocenters. The Hall–Kier alpha value is -2.61. The molecule has 0 unspecified atom stereocenters. The molecule has 0 bridgehead atoms. The zero-order chi connectivity index (χ0) is 14.7. The smallest absolute Gasteiger partial charge is 0.277 e. The van der Waals surface area contributed by atoms with Gasteiger partial charge in [-0.2, -0.15) is 10.4 Å². The fraction of sp³-hybridized carbons (Fsp3) is 0.312. The average Bonchev–Trinajstić information content (AvgIpc) is 2.87. The summed E-state index contributed by atoms with van der Waals surface area (Å²) in [6.45, 7) is -0.0883. The Bertz CT molecular complexity index is 640. The van der Waals surface area contributed by atoms with E-state index in [9.17, 15) is 4.79 Å². The Morgan fingerprint density at radius 2 is 2.24 bits per heavy atom. The number of hydrogen-bond donors (Lipinski definition) is 1. The van der Waals surface area contributed by atoms with Crippen molar-refractivity contribution in [1.82, 2.24) is 5.43 Å². The molecular formula is C16H15N3O2. The van der Waals surface area contributed by atoms with Crippen molar-refractivity contribution in [3.63, 3.8) is 0 Å². The van der Waals surface area contributed by atoms with E-state index in [1.165, 1.54) is 0 Å². The van der Waals surface area contributed by atoms with Crippen LogP contribution in [0.25, 0.3) is 0 Å². The van der Waals surface area contributed by atoms with Crippen molar-refractivity contribution >= 4 is 11.6 Å². The van der Waals surface area contributed by atoms with E-state index in [2.05, 4.69) is 22.7 Å². The summed E-state index contributed by atoms with van der Waals surface area (Å²) < 4.78 is 5.33. The minimum absolute atomic E-state index is 0.0883. The van der Waals surface area contributed by atoms with Crippen molar-refractivity contribution in [2.24, 2.45) is 16.9 Å². The highest BCUT2D eigenvalue weighted by Crippen LogP contribution is 2.39. The van der Waals surface area contributed by atoms with Crippen LogP contribution < -0.4 is 10.2 Å². The van der Waals surface area contributed by atoms with Crippen LogP contribution >= 0.6 is 0 Å². The van der Waals surface area contributed by atoms with E-state index in [0.717, 1.165) is 18.6 Å². The van der Waals surface area contributed by atoms with E-state index in [-0.39, 0.29) is 12.5 Å². The molecular weight excluding hydrogens is 266 g/mol. The average molecular weight is 281 g/mol. The standard InChI is InChI=1S/C16H15N3O2/c17-9-11-4-6-13(7-5-11)21-10-16(20)19-18-15-8-12-2-1-3-14(12)15/h1-2,4-7,12,14H,3,8,10H2,(H,19,20)/b18-15-/t12-,14-/m0/s1. The molecule has 106 valence electrons. The van der Waals surface area contributed by atoms with E-state index in [1.807, 2.05) is 6.07 Å². The van der Waals surface area contributed by atoms with Gasteiger partial charge in [0.25, 0.3) is 5.91 Å². The van der Waals surface area contributed by atoms with Crippen LogP contribution in [0.2, 0.25) is 0 Å². The Labute approximate surface area is 122 Å². The third kappa shape index (κ3) is 2.95. The molecule has 5 heteroatoms. The molecule has 2 aliphatic rings. The SMILES string of the molecule is N#Cc1ccc(OCC(=O)N/N=C2/C[C@@H]3C=CC[C@H]23)cc1. The molecule has 21 heavy (non-hydrogen) atoms. The summed E-state index contributed by atoms with van der Waals surface area (Å²) in [5, 5.41) is 12.9. The predicted molar refractivity (Wildman–Crippen MR) is 77.6 cm³/mol. The van der Waals surface area contributed by atoms with Gasteiger partial charge in [0.15, 0.2) is 6.61 Å². The predicted octanol–water partition coefficient (Wildman–Crippen LogP) is 2.01. The molecule has 1 N–H and O–H groups in total. The lowest BCUT2D eigenvalue weighted by atomic mass is 9.74. The molecule has 0 heterocycles. The lowest BCUT2D eigenvalue weighted by Crippen LogP contribution is -2.36. The zero-order valence-electron chi connectivity index (χ0n) is 11.5. The van der Waals surface area contributed by atoms with Crippen molar-refractivity contribution < 1.29 is 9.53 Å². The molecule has 0 radical (unpaired) electrons. The van der Waals surface area contributed by atoms with Crippen molar-refractivity contribution in [3.8, 4) is 11.8 Å². The minimum Gasteiger partial charge on any atom is -0.484 e. The van der Waals surface area contributed by atoms with Gasteiger partial charge >= 0.3 is 0 Å². The van der Waals surface area contributed by atoms with Crippen LogP contribution in [0.3, 0.4) is 0 Å². The van der Waals surface area contributed by atoms with Crippen LogP contribution in [0.5, 0.6) is 5.75 Å². The number of benzene rings is 1. The van der Waals surface area contributed by atoms with Gasteiger partial charge in [0.1, 0.15) is 5.75 Å². The van der Waals surface area contributed by atoms with Gasteiger partial charge in [-0.1, -0.05) is 12.2 Å². The van der Waals surface area contributed by atoms with Crippen LogP contribution in [0.1, 0.15) is 18.4 Å². The van der Waals surface area contributed by atoms with Gasteiger partial charge in [-0.25, -0.2) is 5.43 Å². The molecule has 1 amide bonds. The molecule has 0 aromatic heterocycles. The molecule has 5 nitrogen and oxygen atoms in total. The molecule has 1 fully saturated rings. The van der Waals surface area contributed by atoms with Crippen LogP contribution in [0, 0.1) is 23.2 Å². The topological polar surface area (TPSA) is 74.5 Å². The molecule has 0 saturated heterocycles. The van der Waals surface area contributed by atoms with Gasteiger partial charge in [-0.05, 0) is 43.0 Å². The Balaban J connectivity index is 1.44. The van der Waals surface area contributed by atoms with E-state index >= 15 is 0 Å². The molecule has 0 aliphatic heterocycles. The quantitative estimate of drug-likeness (QED) is 0.677. The highest BCUT2D eigenvalue weighted by Gasteiger charge is 2.37. The van der Waals surface area contributed by atoms with E-state index in [1.54, 1.807) is 24.3 Å². The summed E-state index contributed by atoms with van der Waals surface area (Å²) >= 11 is 0. The monoisotopic (exact) mass is 281 g/mol. The second-order valence-corrected chi connectivity index (χ2v) is 5.20. The number of hydrogen-bond acceptors (Lipinski definition) is 4. The number of nitrogens with zero attached hydrogens (tertiary/aromatic N) is 2. The molecule has 1 saturated carbocycles. The maximum absolute atomic E-state index is 11.7. The van der Waals surface area contributed by atoms with Gasteiger partial charge in [0.2, 0.25) is 0 Å². The molecule has 1 aromatic carbocycles. The third-order valence-corrected chi connectivity index (χ3v) is 3.84. The van der Waals surface area contributed by atoms with Crippen LogP contribution in [-0.4, -0.2) is 18.2 Å². The van der Waals surface area contributed by atoms with E-state index < -0.39 is 0 Å². The third-order valence-electron chi connectivity index (χ3n) is 3.84. The number of carbonyl (C=O) groups is 1. The number of allylic oxidation sites excluding steroid dienone is 2. The first-order chi connectivity index (χ1) is 10.3. The number of nitriles is 1. The fourth-order valence-corrected chi connectivity index (χ4v) is 2.60. The molecule has 3 rings (SSSR count). The number of ether oxygens (including phenoxy) is 1. The molecule has 1 aromatic rings. The summed E-state index contributed by atoms with van der Waals surface area (Å²) in [5.41, 5.74) is 4.16. The molecule has 2 aliphatic carbocycles. The van der Waals surface area contributed by atoms with Gasteiger partial charge < -0.3 is 4.74 Å². The minimum atomic E-state index is -0.277. The van der Waals surface area contributed by atoms with Crippen molar-refractivity contribution in [2.75, 3.05) is 6.61 Å². The molecule has 0 spiro atoms. The maximum Gasteiger partial charge on any atom is 0.277 e. The van der Waals surface area contributed by atoms with Crippen molar-refractivity contribution in [3.05, 3.63) is 42.0 Å². The number of nitrogens with one attached hydrogen (secondary N) is 1. The van der Waals surface area contributed by atoms with Gasteiger partial charge in [-0.15, -0.1) is 0 Å². The largest absolute Gasteiger partial charge is 0.484 e. The van der Waals surface area contributed by atoms with Crippen LogP contribution in [0.15, 0.2) is 41.5 Å². The number of fused-ring (bicyclic) bond motifs is 1. The summed E-state index contributed by atoms with van der Waals surface area (Å²) in [5.74, 6) is 1.39. The van der Waals surface area contributed by atoms with Crippen LogP contribution in [-0.2, 0) is 4.79 Å². The Morgan fingerprint density at radius 3 is 2.95 bits per heavy atom. The maximum atomic E-state index is 11.7. The second kappa shape index (κ2) is 5.80. The van der Waals surface area contributed by atoms with E-state index in [4.69, 9.17) is 10.00 Å². The van der Waals surface area contributed by atoms with Gasteiger partial charge in [-0.3, -0.25) is 4.79 Å². The first-order valence-corrected chi connectivity index (χ1v) is 6.91. The van der Waals surface area contributed by atoms with E-state index in [0.29, 0.717) is 23.1 Å². The number of rotatable bonds is 4. The first kappa shape index (κ1) is 13.4. The second-order valence-electron chi connectivity index (χ2n) is 5.20. The van der Waals surface area contributed by atoms with Crippen molar-refractivity contribution in [2.45, 2.75) is 12.8 Å². The number of amides is 1. The summed E-state index contributed by atoms with van der Waals surface area (Å²) in [7, 11) is 0. The highest BCUT2D eigenvalue weighted by molar-refractivity contribution is 5.94. The zero-order valence-corrected chi connectivity index (χ0v) is 11.5. The number of carbonyl (C=O) groups excluding carboxylic acids is 1. The van der Waals surface area contributed by atoms with Crippen LogP contribution in [0.4, 0.5) is 0 Å². The van der Waals surface area contributed by atoms with Gasteiger partial charge in [0.05, 0.1) is 11.6 Å². The summed E-state index contributed by atoms with van der Waals surface area (Å²) in [6, 6.07) is 8.65. The summed E-state index contributed by atoms with van der Waals surface area (Å²) in [4.78, 5) is 11.7. The van der Waals surface area contributed by atoms with Gasteiger partial charge in [0, 0.05) is 11.6 Å². The number of hydrazone groups is 1. The lowest BCUT2D eigenvalue weighted by molar-refractivity contribution is -0.123.